The van der Waals surface area contributed by atoms with E-state index in [9.17, 15) is 15.0 Å². The van der Waals surface area contributed by atoms with Crippen molar-refractivity contribution >= 4 is 29.2 Å². The van der Waals surface area contributed by atoms with Crippen molar-refractivity contribution in [2.45, 2.75) is 35.9 Å². The zero-order valence-corrected chi connectivity index (χ0v) is 9.64. The number of esters is 1. The molecule has 94 valence electrons. The summed E-state index contributed by atoms with van der Waals surface area (Å²) in [6, 6.07) is 0. The second-order valence-electron chi connectivity index (χ2n) is 3.35. The van der Waals surface area contributed by atoms with E-state index >= 15 is 0 Å². The highest BCUT2D eigenvalue weighted by Crippen LogP contribution is 2.19. The van der Waals surface area contributed by atoms with Crippen LogP contribution in [0.5, 0.6) is 0 Å². The van der Waals surface area contributed by atoms with Gasteiger partial charge in [-0.2, -0.15) is 0 Å². The SMILES string of the molecule is O=C(OCC1O[C@@H](O)C[C@@H](O)[C@@H]1O)C(Cl)Cl. The lowest BCUT2D eigenvalue weighted by Crippen LogP contribution is -2.50. The first-order chi connectivity index (χ1) is 7.41. The zero-order chi connectivity index (χ0) is 12.3. The number of aliphatic hydroxyl groups is 3. The molecule has 0 aliphatic carbocycles. The highest BCUT2D eigenvalue weighted by molar-refractivity contribution is 6.52. The average Bonchev–Trinajstić information content (AvgIpc) is 2.20. The number of halogens is 2. The third-order valence-corrected chi connectivity index (χ3v) is 2.47. The topological polar surface area (TPSA) is 96.2 Å². The second kappa shape index (κ2) is 6.00. The van der Waals surface area contributed by atoms with Crippen LogP contribution in [0.1, 0.15) is 6.42 Å². The predicted octanol–water partition coefficient (Wildman–Crippen LogP) is -0.838. The third-order valence-electron chi connectivity index (χ3n) is 2.12. The van der Waals surface area contributed by atoms with E-state index in [2.05, 4.69) is 4.74 Å². The molecule has 6 nitrogen and oxygen atoms in total. The van der Waals surface area contributed by atoms with E-state index in [-0.39, 0.29) is 13.0 Å². The summed E-state index contributed by atoms with van der Waals surface area (Å²) in [6.07, 6.45) is -4.67. The quantitative estimate of drug-likeness (QED) is 0.459. The average molecular weight is 275 g/mol. The normalized spacial score (nSPS) is 35.1. The van der Waals surface area contributed by atoms with Crippen molar-refractivity contribution in [2.24, 2.45) is 0 Å². The maximum absolute atomic E-state index is 10.9. The maximum atomic E-state index is 10.9. The van der Waals surface area contributed by atoms with Gasteiger partial charge in [0, 0.05) is 6.42 Å². The zero-order valence-electron chi connectivity index (χ0n) is 8.12. The van der Waals surface area contributed by atoms with Crippen LogP contribution >= 0.6 is 23.2 Å². The molecular weight excluding hydrogens is 263 g/mol. The summed E-state index contributed by atoms with van der Waals surface area (Å²) in [4.78, 5) is 9.58. The fourth-order valence-corrected chi connectivity index (χ4v) is 1.42. The Kier molecular flexibility index (Phi) is 5.23. The minimum Gasteiger partial charge on any atom is -0.461 e. The number of aliphatic hydroxyl groups excluding tert-OH is 3. The Morgan fingerprint density at radius 2 is 2.06 bits per heavy atom. The molecule has 0 amide bonds. The van der Waals surface area contributed by atoms with Gasteiger partial charge in [-0.25, -0.2) is 4.79 Å². The van der Waals surface area contributed by atoms with Gasteiger partial charge in [0.15, 0.2) is 6.29 Å². The summed E-state index contributed by atoms with van der Waals surface area (Å²) in [5.41, 5.74) is 0. The molecule has 1 fully saturated rings. The number of carbonyl (C=O) groups excluding carboxylic acids is 1. The molecule has 8 heteroatoms. The van der Waals surface area contributed by atoms with Crippen molar-refractivity contribution in [3.05, 3.63) is 0 Å². The lowest BCUT2D eigenvalue weighted by Gasteiger charge is -2.34. The molecule has 4 atom stereocenters. The van der Waals surface area contributed by atoms with Crippen molar-refractivity contribution in [1.29, 1.82) is 0 Å². The third kappa shape index (κ3) is 3.73. The summed E-state index contributed by atoms with van der Waals surface area (Å²) in [6.45, 7) is -0.343. The second-order valence-corrected chi connectivity index (χ2v) is 4.45. The largest absolute Gasteiger partial charge is 0.461 e. The van der Waals surface area contributed by atoms with E-state index in [0.29, 0.717) is 0 Å². The molecule has 0 bridgehead atoms. The van der Waals surface area contributed by atoms with Crippen LogP contribution in [-0.4, -0.2) is 57.3 Å². The summed E-state index contributed by atoms with van der Waals surface area (Å²) in [5, 5.41) is 27.9. The Morgan fingerprint density at radius 3 is 2.62 bits per heavy atom. The van der Waals surface area contributed by atoms with E-state index in [1.165, 1.54) is 0 Å². The van der Waals surface area contributed by atoms with Crippen LogP contribution in [0.15, 0.2) is 0 Å². The summed E-state index contributed by atoms with van der Waals surface area (Å²) < 4.78 is 9.48. The van der Waals surface area contributed by atoms with Crippen molar-refractivity contribution in [1.82, 2.24) is 0 Å². The predicted molar refractivity (Wildman–Crippen MR) is 54.0 cm³/mol. The van der Waals surface area contributed by atoms with Gasteiger partial charge in [0.2, 0.25) is 4.84 Å². The van der Waals surface area contributed by atoms with E-state index in [1.807, 2.05) is 0 Å². The van der Waals surface area contributed by atoms with Gasteiger partial charge < -0.3 is 24.8 Å². The van der Waals surface area contributed by atoms with Gasteiger partial charge in [-0.05, 0) is 0 Å². The van der Waals surface area contributed by atoms with Crippen LogP contribution in [0.3, 0.4) is 0 Å². The smallest absolute Gasteiger partial charge is 0.339 e. The molecule has 1 aliphatic heterocycles. The Hall–Kier alpha value is -0.110. The van der Waals surface area contributed by atoms with Crippen LogP contribution in [-0.2, 0) is 14.3 Å². The number of carbonyl (C=O) groups is 1. The van der Waals surface area contributed by atoms with Gasteiger partial charge in [0.25, 0.3) is 0 Å². The molecule has 1 aliphatic rings. The Labute approximate surface area is 102 Å². The van der Waals surface area contributed by atoms with Crippen molar-refractivity contribution in [3.8, 4) is 0 Å². The number of hydrogen-bond donors (Lipinski definition) is 3. The van der Waals surface area contributed by atoms with Gasteiger partial charge in [-0.15, -0.1) is 0 Å². The van der Waals surface area contributed by atoms with E-state index in [4.69, 9.17) is 33.0 Å². The van der Waals surface area contributed by atoms with Crippen LogP contribution in [0.4, 0.5) is 0 Å². The van der Waals surface area contributed by atoms with Gasteiger partial charge in [0.1, 0.15) is 18.8 Å². The maximum Gasteiger partial charge on any atom is 0.339 e. The van der Waals surface area contributed by atoms with Crippen molar-refractivity contribution in [2.75, 3.05) is 6.61 Å². The lowest BCUT2D eigenvalue weighted by atomic mass is 10.0. The van der Waals surface area contributed by atoms with Crippen LogP contribution in [0, 0.1) is 0 Å². The molecule has 3 N–H and O–H groups in total. The van der Waals surface area contributed by atoms with Gasteiger partial charge in [-0.1, -0.05) is 23.2 Å². The molecule has 0 saturated carbocycles. The molecule has 16 heavy (non-hydrogen) atoms. The van der Waals surface area contributed by atoms with Gasteiger partial charge >= 0.3 is 5.97 Å². The molecular formula is C8H12Cl2O6. The van der Waals surface area contributed by atoms with Crippen LogP contribution in [0.25, 0.3) is 0 Å². The fraction of sp³-hybridized carbons (Fsp3) is 0.875. The summed E-state index contributed by atoms with van der Waals surface area (Å²) in [5.74, 6) is -0.881. The molecule has 1 unspecified atom stereocenters. The van der Waals surface area contributed by atoms with Crippen molar-refractivity contribution in [3.63, 3.8) is 0 Å². The highest BCUT2D eigenvalue weighted by atomic mass is 35.5. The Balaban J connectivity index is 2.43. The number of alkyl halides is 2. The highest BCUT2D eigenvalue weighted by Gasteiger charge is 2.36. The number of hydrogen-bond acceptors (Lipinski definition) is 6. The molecule has 1 heterocycles. The van der Waals surface area contributed by atoms with Gasteiger partial charge in [0.05, 0.1) is 6.10 Å². The van der Waals surface area contributed by atoms with E-state index in [0.717, 1.165) is 0 Å². The minimum atomic E-state index is -1.32. The van der Waals surface area contributed by atoms with E-state index in [1.54, 1.807) is 0 Å². The van der Waals surface area contributed by atoms with Crippen LogP contribution in [0.2, 0.25) is 0 Å². The Morgan fingerprint density at radius 1 is 1.44 bits per heavy atom. The monoisotopic (exact) mass is 274 g/mol. The van der Waals surface area contributed by atoms with Crippen LogP contribution < -0.4 is 0 Å². The first kappa shape index (κ1) is 14.0. The molecule has 0 radical (unpaired) electrons. The molecule has 0 spiro atoms. The van der Waals surface area contributed by atoms with Crippen molar-refractivity contribution < 1.29 is 29.6 Å². The molecule has 0 aromatic heterocycles. The first-order valence-corrected chi connectivity index (χ1v) is 5.43. The number of ether oxygens (including phenoxy) is 2. The Bertz CT molecular complexity index is 249. The first-order valence-electron chi connectivity index (χ1n) is 4.56. The molecule has 1 rings (SSSR count). The summed E-state index contributed by atoms with van der Waals surface area (Å²) in [7, 11) is 0. The minimum absolute atomic E-state index is 0.0980. The molecule has 0 aromatic rings. The molecule has 0 aromatic carbocycles. The molecule has 1 saturated heterocycles. The fourth-order valence-electron chi connectivity index (χ4n) is 1.30. The van der Waals surface area contributed by atoms with E-state index < -0.39 is 35.4 Å². The summed E-state index contributed by atoms with van der Waals surface area (Å²) >= 11 is 10.5. The standard InChI is InChI=1S/C8H12Cl2O6/c9-7(10)8(14)15-2-4-6(13)3(11)1-5(12)16-4/h3-7,11-13H,1-2H2/t3-,4?,5-,6+/m1/s1. The number of rotatable bonds is 3. The lowest BCUT2D eigenvalue weighted by molar-refractivity contribution is -0.241. The van der Waals surface area contributed by atoms with Gasteiger partial charge in [-0.3, -0.25) is 0 Å².